The Balaban J connectivity index is 1.55. The normalized spacial score (nSPS) is 12.1. The average Bonchev–Trinajstić information content (AvgIpc) is 2.90. The molecule has 0 spiro atoms. The van der Waals surface area contributed by atoms with Crippen LogP contribution in [0, 0.1) is 0 Å². The second-order valence-electron chi connectivity index (χ2n) is 9.36. The first-order chi connectivity index (χ1) is 16.8. The molecule has 156 valence electrons. The van der Waals surface area contributed by atoms with Crippen molar-refractivity contribution in [2.24, 2.45) is 0 Å². The third-order valence-electron chi connectivity index (χ3n) is 7.55. The van der Waals surface area contributed by atoms with E-state index in [9.17, 15) is 0 Å². The number of benzene rings is 8. The number of hydrogen-bond donors (Lipinski definition) is 0. The van der Waals surface area contributed by atoms with Crippen LogP contribution in [-0.2, 0) is 0 Å². The molecule has 0 saturated heterocycles. The lowest BCUT2D eigenvalue weighted by Crippen LogP contribution is -1.89. The highest BCUT2D eigenvalue weighted by Gasteiger charge is 2.15. The molecular formula is C34H20. The molecule has 0 aliphatic heterocycles. The Hall–Kier alpha value is -4.42. The third-order valence-corrected chi connectivity index (χ3v) is 7.55. The zero-order valence-corrected chi connectivity index (χ0v) is 18.5. The molecule has 0 N–H and O–H groups in total. The molecule has 0 radical (unpaired) electrons. The van der Waals surface area contributed by atoms with E-state index in [1.165, 1.54) is 75.8 Å². The maximum atomic E-state index is 2.37. The topological polar surface area (TPSA) is 0 Å². The maximum absolute atomic E-state index is 2.37. The molecule has 0 atom stereocenters. The van der Waals surface area contributed by atoms with Gasteiger partial charge < -0.3 is 0 Å². The lowest BCUT2D eigenvalue weighted by Gasteiger charge is -2.16. The van der Waals surface area contributed by atoms with Crippen molar-refractivity contribution < 1.29 is 0 Å². The third kappa shape index (κ3) is 2.37. The predicted molar refractivity (Wildman–Crippen MR) is 148 cm³/mol. The van der Waals surface area contributed by atoms with Crippen molar-refractivity contribution in [3.05, 3.63) is 121 Å². The smallest absolute Gasteiger partial charge is 0.00206 e. The summed E-state index contributed by atoms with van der Waals surface area (Å²) in [5.74, 6) is 0. The average molecular weight is 429 g/mol. The van der Waals surface area contributed by atoms with Gasteiger partial charge in [0.25, 0.3) is 0 Å². The Kier molecular flexibility index (Phi) is 3.48. The molecule has 0 amide bonds. The summed E-state index contributed by atoms with van der Waals surface area (Å²) in [7, 11) is 0. The Labute approximate surface area is 197 Å². The molecule has 0 saturated carbocycles. The number of hydrogen-bond acceptors (Lipinski definition) is 0. The van der Waals surface area contributed by atoms with Gasteiger partial charge in [-0.05, 0) is 87.9 Å². The van der Waals surface area contributed by atoms with Crippen molar-refractivity contribution in [2.75, 3.05) is 0 Å². The summed E-state index contributed by atoms with van der Waals surface area (Å²) < 4.78 is 0. The van der Waals surface area contributed by atoms with Crippen LogP contribution >= 0.6 is 0 Å². The molecule has 8 rings (SSSR count). The van der Waals surface area contributed by atoms with E-state index < -0.39 is 0 Å². The Morgan fingerprint density at radius 3 is 1.62 bits per heavy atom. The van der Waals surface area contributed by atoms with Crippen molar-refractivity contribution in [1.82, 2.24) is 0 Å². The van der Waals surface area contributed by atoms with E-state index in [1.807, 2.05) is 0 Å². The van der Waals surface area contributed by atoms with Gasteiger partial charge in [0.1, 0.15) is 0 Å². The number of rotatable bonds is 1. The van der Waals surface area contributed by atoms with Crippen molar-refractivity contribution in [1.29, 1.82) is 0 Å². The summed E-state index contributed by atoms with van der Waals surface area (Å²) in [5.41, 5.74) is 2.60. The van der Waals surface area contributed by atoms with Crippen LogP contribution in [0.15, 0.2) is 121 Å². The Morgan fingerprint density at radius 2 is 0.824 bits per heavy atom. The quantitative estimate of drug-likeness (QED) is 0.180. The first kappa shape index (κ1) is 18.1. The molecule has 0 heteroatoms. The fourth-order valence-corrected chi connectivity index (χ4v) is 6.00. The first-order valence-electron chi connectivity index (χ1n) is 11.9. The van der Waals surface area contributed by atoms with Gasteiger partial charge in [-0.3, -0.25) is 0 Å². The van der Waals surface area contributed by atoms with Gasteiger partial charge in [0.2, 0.25) is 0 Å². The molecule has 0 heterocycles. The minimum Gasteiger partial charge on any atom is -0.0616 e. The largest absolute Gasteiger partial charge is 0.0616 e. The lowest BCUT2D eigenvalue weighted by molar-refractivity contribution is 1.72. The van der Waals surface area contributed by atoms with Crippen molar-refractivity contribution >= 4 is 64.6 Å². The van der Waals surface area contributed by atoms with E-state index in [1.54, 1.807) is 0 Å². The number of fused-ring (bicyclic) bond motifs is 4. The monoisotopic (exact) mass is 428 g/mol. The van der Waals surface area contributed by atoms with Gasteiger partial charge in [0, 0.05) is 0 Å². The van der Waals surface area contributed by atoms with Crippen LogP contribution < -0.4 is 0 Å². The summed E-state index contributed by atoms with van der Waals surface area (Å²) in [5, 5.41) is 15.8. The standard InChI is InChI=1S/C34H20/c1-2-6-26-20-31-27(19-25(26)5-1)14-13-23-9-4-10-29(33(23)31)28-17-15-24-12-11-21-7-3-8-22-16-18-30(28)34(24)32(21)22/h1-20H. The van der Waals surface area contributed by atoms with Gasteiger partial charge in [-0.25, -0.2) is 0 Å². The van der Waals surface area contributed by atoms with E-state index in [4.69, 9.17) is 0 Å². The zero-order chi connectivity index (χ0) is 22.2. The van der Waals surface area contributed by atoms with Crippen molar-refractivity contribution in [3.8, 4) is 11.1 Å². The highest BCUT2D eigenvalue weighted by Crippen LogP contribution is 2.42. The molecule has 0 unspecified atom stereocenters. The van der Waals surface area contributed by atoms with Gasteiger partial charge in [0.15, 0.2) is 0 Å². The lowest BCUT2D eigenvalue weighted by atomic mass is 9.87. The van der Waals surface area contributed by atoms with Crippen molar-refractivity contribution in [2.45, 2.75) is 0 Å². The minimum atomic E-state index is 1.28. The van der Waals surface area contributed by atoms with Crippen LogP contribution in [0.1, 0.15) is 0 Å². The van der Waals surface area contributed by atoms with E-state index in [0.717, 1.165) is 0 Å². The van der Waals surface area contributed by atoms with Gasteiger partial charge >= 0.3 is 0 Å². The molecule has 0 aliphatic rings. The summed E-state index contributed by atoms with van der Waals surface area (Å²) in [6.45, 7) is 0. The Bertz CT molecular complexity index is 2040. The van der Waals surface area contributed by atoms with Gasteiger partial charge in [-0.15, -0.1) is 0 Å². The van der Waals surface area contributed by atoms with Gasteiger partial charge in [0.05, 0.1) is 0 Å². The summed E-state index contributed by atoms with van der Waals surface area (Å²) >= 11 is 0. The van der Waals surface area contributed by atoms with E-state index >= 15 is 0 Å². The zero-order valence-electron chi connectivity index (χ0n) is 18.5. The second kappa shape index (κ2) is 6.56. The Morgan fingerprint density at radius 1 is 0.265 bits per heavy atom. The molecule has 0 bridgehead atoms. The molecule has 0 aliphatic carbocycles. The fourth-order valence-electron chi connectivity index (χ4n) is 6.00. The molecular weight excluding hydrogens is 408 g/mol. The first-order valence-corrected chi connectivity index (χ1v) is 11.9. The van der Waals surface area contributed by atoms with E-state index in [-0.39, 0.29) is 0 Å². The van der Waals surface area contributed by atoms with Crippen LogP contribution in [0.3, 0.4) is 0 Å². The SMILES string of the molecule is c1ccc2cc3c(ccc4cccc(-c5ccc6ccc7cccc8ccc5c6c78)c43)cc2c1. The van der Waals surface area contributed by atoms with E-state index in [0.29, 0.717) is 0 Å². The van der Waals surface area contributed by atoms with Gasteiger partial charge in [-0.1, -0.05) is 109 Å². The van der Waals surface area contributed by atoms with Crippen LogP contribution in [0.2, 0.25) is 0 Å². The summed E-state index contributed by atoms with van der Waals surface area (Å²) in [6, 6.07) is 44.9. The van der Waals surface area contributed by atoms with Gasteiger partial charge in [-0.2, -0.15) is 0 Å². The molecule has 8 aromatic carbocycles. The van der Waals surface area contributed by atoms with Crippen LogP contribution in [-0.4, -0.2) is 0 Å². The molecule has 8 aromatic rings. The highest BCUT2D eigenvalue weighted by atomic mass is 14.2. The fraction of sp³-hybridized carbons (Fsp3) is 0. The maximum Gasteiger partial charge on any atom is -0.00206 e. The minimum absolute atomic E-state index is 1.28. The summed E-state index contributed by atoms with van der Waals surface area (Å²) in [6.07, 6.45) is 0. The predicted octanol–water partition coefficient (Wildman–Crippen LogP) is 9.71. The summed E-state index contributed by atoms with van der Waals surface area (Å²) in [4.78, 5) is 0. The molecule has 0 nitrogen and oxygen atoms in total. The highest BCUT2D eigenvalue weighted by molar-refractivity contribution is 6.27. The van der Waals surface area contributed by atoms with E-state index in [2.05, 4.69) is 121 Å². The molecule has 34 heavy (non-hydrogen) atoms. The molecule has 0 fully saturated rings. The van der Waals surface area contributed by atoms with Crippen molar-refractivity contribution in [3.63, 3.8) is 0 Å². The van der Waals surface area contributed by atoms with Crippen LogP contribution in [0.4, 0.5) is 0 Å². The second-order valence-corrected chi connectivity index (χ2v) is 9.36. The van der Waals surface area contributed by atoms with Crippen LogP contribution in [0.25, 0.3) is 75.8 Å². The van der Waals surface area contributed by atoms with Crippen LogP contribution in [0.5, 0.6) is 0 Å². The molecule has 0 aromatic heterocycles.